The molecule has 0 aliphatic rings. The third kappa shape index (κ3) is 3.33. The zero-order chi connectivity index (χ0) is 13.7. The van der Waals surface area contributed by atoms with Crippen LogP contribution in [0.15, 0.2) is 12.1 Å². The van der Waals surface area contributed by atoms with E-state index in [1.54, 1.807) is 0 Å². The normalized spacial score (nSPS) is 13.1. The molecule has 1 atom stereocenters. The smallest absolute Gasteiger partial charge is 0.0473 e. The third-order valence-corrected chi connectivity index (χ3v) is 3.82. The third-order valence-electron chi connectivity index (χ3n) is 3.82. The van der Waals surface area contributed by atoms with Gasteiger partial charge in [0.25, 0.3) is 0 Å². The average Bonchev–Trinajstić information content (AvgIpc) is 2.35. The summed E-state index contributed by atoms with van der Waals surface area (Å²) < 4.78 is 0. The fraction of sp³-hybridized carbons (Fsp3) is 0.625. The van der Waals surface area contributed by atoms with Crippen molar-refractivity contribution in [3.05, 3.63) is 34.4 Å². The van der Waals surface area contributed by atoms with Crippen LogP contribution >= 0.6 is 0 Å². The van der Waals surface area contributed by atoms with Crippen molar-refractivity contribution >= 4 is 0 Å². The molecule has 1 aromatic carbocycles. The first-order valence-corrected chi connectivity index (χ1v) is 7.06. The van der Waals surface area contributed by atoms with Crippen LogP contribution in [0.2, 0.25) is 0 Å². The molecule has 2 N–H and O–H groups in total. The summed E-state index contributed by atoms with van der Waals surface area (Å²) in [6.45, 7) is 13.9. The highest BCUT2D eigenvalue weighted by atomic mass is 15.2. The van der Waals surface area contributed by atoms with Crippen molar-refractivity contribution in [2.24, 2.45) is 5.73 Å². The average molecular weight is 248 g/mol. The molecule has 102 valence electrons. The lowest BCUT2D eigenvalue weighted by Crippen LogP contribution is -2.34. The molecule has 0 aliphatic heterocycles. The molecular weight excluding hydrogens is 220 g/mol. The molecule has 2 nitrogen and oxygen atoms in total. The van der Waals surface area contributed by atoms with Gasteiger partial charge in [0.15, 0.2) is 0 Å². The van der Waals surface area contributed by atoms with E-state index in [0.29, 0.717) is 12.6 Å². The Labute approximate surface area is 112 Å². The predicted octanol–water partition coefficient (Wildman–Crippen LogP) is 3.34. The summed E-state index contributed by atoms with van der Waals surface area (Å²) >= 11 is 0. The highest BCUT2D eigenvalue weighted by Crippen LogP contribution is 2.26. The quantitative estimate of drug-likeness (QED) is 0.836. The van der Waals surface area contributed by atoms with Crippen LogP contribution in [0, 0.1) is 20.8 Å². The first kappa shape index (κ1) is 15.2. The van der Waals surface area contributed by atoms with Crippen LogP contribution in [-0.2, 0) is 0 Å². The summed E-state index contributed by atoms with van der Waals surface area (Å²) in [6.07, 6.45) is 1.17. The van der Waals surface area contributed by atoms with Gasteiger partial charge >= 0.3 is 0 Å². The molecule has 1 rings (SSSR count). The lowest BCUT2D eigenvalue weighted by atomic mass is 9.94. The Morgan fingerprint density at radius 3 is 2.17 bits per heavy atom. The van der Waals surface area contributed by atoms with E-state index in [9.17, 15) is 0 Å². The van der Waals surface area contributed by atoms with Gasteiger partial charge in [-0.3, -0.25) is 4.90 Å². The van der Waals surface area contributed by atoms with Gasteiger partial charge in [0.1, 0.15) is 0 Å². The second kappa shape index (κ2) is 6.91. The monoisotopic (exact) mass is 248 g/mol. The summed E-state index contributed by atoms with van der Waals surface area (Å²) in [4.78, 5) is 2.48. The van der Waals surface area contributed by atoms with Crippen LogP contribution in [0.25, 0.3) is 0 Å². The van der Waals surface area contributed by atoms with Gasteiger partial charge in [-0.2, -0.15) is 0 Å². The van der Waals surface area contributed by atoms with Gasteiger partial charge < -0.3 is 5.73 Å². The highest BCUT2D eigenvalue weighted by Gasteiger charge is 2.19. The molecule has 0 bridgehead atoms. The van der Waals surface area contributed by atoms with Crippen LogP contribution < -0.4 is 5.73 Å². The van der Waals surface area contributed by atoms with E-state index in [1.165, 1.54) is 28.7 Å². The molecule has 0 radical (unpaired) electrons. The molecule has 2 heteroatoms. The van der Waals surface area contributed by atoms with Crippen LogP contribution in [0.4, 0.5) is 0 Å². The zero-order valence-corrected chi connectivity index (χ0v) is 12.6. The summed E-state index contributed by atoms with van der Waals surface area (Å²) in [7, 11) is 0. The van der Waals surface area contributed by atoms with E-state index >= 15 is 0 Å². The SMILES string of the molecule is CCCN(CC)C(CN)c1cc(C)c(C)cc1C. The predicted molar refractivity (Wildman–Crippen MR) is 80.0 cm³/mol. The zero-order valence-electron chi connectivity index (χ0n) is 12.6. The number of rotatable bonds is 6. The lowest BCUT2D eigenvalue weighted by Gasteiger charge is -2.31. The van der Waals surface area contributed by atoms with Crippen molar-refractivity contribution in [3.63, 3.8) is 0 Å². The number of hydrogen-bond donors (Lipinski definition) is 1. The highest BCUT2D eigenvalue weighted by molar-refractivity contribution is 5.38. The topological polar surface area (TPSA) is 29.3 Å². The molecule has 0 saturated heterocycles. The van der Waals surface area contributed by atoms with Crippen LogP contribution in [0.3, 0.4) is 0 Å². The van der Waals surface area contributed by atoms with Crippen molar-refractivity contribution in [2.45, 2.75) is 47.1 Å². The summed E-state index contributed by atoms with van der Waals surface area (Å²) in [6, 6.07) is 4.96. The van der Waals surface area contributed by atoms with Gasteiger partial charge in [0.2, 0.25) is 0 Å². The van der Waals surface area contributed by atoms with Gasteiger partial charge in [-0.15, -0.1) is 0 Å². The van der Waals surface area contributed by atoms with E-state index in [0.717, 1.165) is 13.1 Å². The molecule has 0 spiro atoms. The minimum Gasteiger partial charge on any atom is -0.329 e. The molecule has 0 aromatic heterocycles. The number of nitrogens with two attached hydrogens (primary N) is 1. The minimum absolute atomic E-state index is 0.356. The van der Waals surface area contributed by atoms with E-state index in [2.05, 4.69) is 51.7 Å². The maximum atomic E-state index is 6.03. The van der Waals surface area contributed by atoms with Crippen molar-refractivity contribution in [2.75, 3.05) is 19.6 Å². The second-order valence-corrected chi connectivity index (χ2v) is 5.17. The lowest BCUT2D eigenvalue weighted by molar-refractivity contribution is 0.212. The first-order chi connectivity index (χ1) is 8.54. The molecule has 1 unspecified atom stereocenters. The number of nitrogens with zero attached hydrogens (tertiary/aromatic N) is 1. The van der Waals surface area contributed by atoms with E-state index < -0.39 is 0 Å². The second-order valence-electron chi connectivity index (χ2n) is 5.17. The Hall–Kier alpha value is -0.860. The van der Waals surface area contributed by atoms with Crippen LogP contribution in [0.1, 0.15) is 48.6 Å². The number of likely N-dealkylation sites (N-methyl/N-ethyl adjacent to an activating group) is 1. The molecule has 18 heavy (non-hydrogen) atoms. The molecular formula is C16H28N2. The Morgan fingerprint density at radius 1 is 1.06 bits per heavy atom. The number of hydrogen-bond acceptors (Lipinski definition) is 2. The Bertz CT molecular complexity index is 385. The fourth-order valence-electron chi connectivity index (χ4n) is 2.64. The Kier molecular flexibility index (Phi) is 5.83. The van der Waals surface area contributed by atoms with Crippen molar-refractivity contribution < 1.29 is 0 Å². The van der Waals surface area contributed by atoms with Gasteiger partial charge in [-0.1, -0.05) is 26.0 Å². The summed E-state index contributed by atoms with van der Waals surface area (Å²) in [5.74, 6) is 0. The molecule has 0 heterocycles. The minimum atomic E-state index is 0.356. The molecule has 0 saturated carbocycles. The Morgan fingerprint density at radius 2 is 1.67 bits per heavy atom. The van der Waals surface area contributed by atoms with Gasteiger partial charge in [-0.05, 0) is 62.5 Å². The maximum Gasteiger partial charge on any atom is 0.0473 e. The van der Waals surface area contributed by atoms with E-state index in [4.69, 9.17) is 5.73 Å². The van der Waals surface area contributed by atoms with Crippen molar-refractivity contribution in [1.82, 2.24) is 4.90 Å². The maximum absolute atomic E-state index is 6.03. The molecule has 0 amide bonds. The van der Waals surface area contributed by atoms with Crippen molar-refractivity contribution in [3.8, 4) is 0 Å². The summed E-state index contributed by atoms with van der Waals surface area (Å²) in [5, 5.41) is 0. The van der Waals surface area contributed by atoms with E-state index in [-0.39, 0.29) is 0 Å². The first-order valence-electron chi connectivity index (χ1n) is 7.06. The molecule has 0 fully saturated rings. The number of aryl methyl sites for hydroxylation is 3. The number of benzene rings is 1. The molecule has 1 aromatic rings. The molecule has 0 aliphatic carbocycles. The largest absolute Gasteiger partial charge is 0.329 e. The van der Waals surface area contributed by atoms with Gasteiger partial charge in [0.05, 0.1) is 0 Å². The van der Waals surface area contributed by atoms with Gasteiger partial charge in [0, 0.05) is 12.6 Å². The van der Waals surface area contributed by atoms with Crippen molar-refractivity contribution in [1.29, 1.82) is 0 Å². The summed E-state index contributed by atoms with van der Waals surface area (Å²) in [5.41, 5.74) is 11.5. The van der Waals surface area contributed by atoms with E-state index in [1.807, 2.05) is 0 Å². The van der Waals surface area contributed by atoms with Crippen LogP contribution in [-0.4, -0.2) is 24.5 Å². The Balaban J connectivity index is 3.11. The standard InChI is InChI=1S/C16H28N2/c1-6-8-18(7-2)16(11-17)15-10-13(4)12(3)9-14(15)5/h9-10,16H,6-8,11,17H2,1-5H3. The van der Waals surface area contributed by atoms with Gasteiger partial charge in [-0.25, -0.2) is 0 Å². The fourth-order valence-corrected chi connectivity index (χ4v) is 2.64. The van der Waals surface area contributed by atoms with Crippen LogP contribution in [0.5, 0.6) is 0 Å².